The van der Waals surface area contributed by atoms with Crippen LogP contribution in [0.15, 0.2) is 0 Å². The lowest BCUT2D eigenvalue weighted by atomic mass is 10.1. The Hall–Kier alpha value is 0.180. The molecule has 0 rings (SSSR count). The summed E-state index contributed by atoms with van der Waals surface area (Å²) in [5, 5.41) is 8.91. The highest BCUT2D eigenvalue weighted by atomic mass is 31.1. The van der Waals surface area contributed by atoms with Crippen LogP contribution >= 0.6 is 7.92 Å². The van der Waals surface area contributed by atoms with Crippen molar-refractivity contribution in [3.8, 4) is 0 Å². The number of halogens is 3. The minimum absolute atomic E-state index is 0.189. The van der Waals surface area contributed by atoms with Crippen LogP contribution in [-0.2, 0) is 0 Å². The molecular weight excluding hydrogens is 176 g/mol. The van der Waals surface area contributed by atoms with Gasteiger partial charge in [0.15, 0.2) is 5.60 Å². The second-order valence-electron chi connectivity index (χ2n) is 3.01. The van der Waals surface area contributed by atoms with Gasteiger partial charge in [0, 0.05) is 6.16 Å². The van der Waals surface area contributed by atoms with Crippen molar-refractivity contribution in [1.82, 2.24) is 0 Å². The smallest absolute Gasteiger partial charge is 0.380 e. The van der Waals surface area contributed by atoms with Crippen molar-refractivity contribution in [3.05, 3.63) is 0 Å². The molecule has 1 atom stereocenters. The van der Waals surface area contributed by atoms with Gasteiger partial charge in [0.05, 0.1) is 0 Å². The molecule has 0 spiro atoms. The van der Waals surface area contributed by atoms with Gasteiger partial charge < -0.3 is 5.11 Å². The molecule has 0 aromatic rings. The summed E-state index contributed by atoms with van der Waals surface area (Å²) < 4.78 is 35.9. The summed E-state index contributed by atoms with van der Waals surface area (Å²) in [7, 11) is -0.723. The fourth-order valence-corrected chi connectivity index (χ4v) is 2.12. The van der Waals surface area contributed by atoms with E-state index in [4.69, 9.17) is 5.11 Å². The standard InChI is InChI=1S/C6H12F3OP/c1-5(10,4-11(2)3)6(7,8)9/h10H,4H2,1-3H3. The van der Waals surface area contributed by atoms with E-state index < -0.39 is 19.7 Å². The van der Waals surface area contributed by atoms with Crippen LogP contribution < -0.4 is 0 Å². The summed E-state index contributed by atoms with van der Waals surface area (Å²) in [6, 6.07) is 0. The average molecular weight is 188 g/mol. The van der Waals surface area contributed by atoms with Gasteiger partial charge in [0.25, 0.3) is 0 Å². The Bertz CT molecular complexity index is 130. The number of hydrogen-bond acceptors (Lipinski definition) is 1. The molecule has 5 heteroatoms. The summed E-state index contributed by atoms with van der Waals surface area (Å²) >= 11 is 0. The fraction of sp³-hybridized carbons (Fsp3) is 1.00. The number of aliphatic hydroxyl groups is 1. The second kappa shape index (κ2) is 3.28. The fourth-order valence-electron chi connectivity index (χ4n) is 0.705. The van der Waals surface area contributed by atoms with Crippen LogP contribution in [0.5, 0.6) is 0 Å². The van der Waals surface area contributed by atoms with Crippen molar-refractivity contribution in [2.45, 2.75) is 18.7 Å². The molecule has 0 aromatic carbocycles. The van der Waals surface area contributed by atoms with E-state index in [1.807, 2.05) is 0 Å². The quantitative estimate of drug-likeness (QED) is 0.657. The Kier molecular flexibility index (Phi) is 3.33. The van der Waals surface area contributed by atoms with E-state index in [2.05, 4.69) is 0 Å². The van der Waals surface area contributed by atoms with Gasteiger partial charge in [-0.1, -0.05) is 0 Å². The van der Waals surface area contributed by atoms with Gasteiger partial charge in [0.1, 0.15) is 0 Å². The lowest BCUT2D eigenvalue weighted by Gasteiger charge is -2.27. The second-order valence-corrected chi connectivity index (χ2v) is 5.48. The highest BCUT2D eigenvalue weighted by Crippen LogP contribution is 2.38. The average Bonchev–Trinajstić information content (AvgIpc) is 1.56. The molecule has 0 aliphatic carbocycles. The molecule has 0 saturated heterocycles. The number of rotatable bonds is 2. The lowest BCUT2D eigenvalue weighted by molar-refractivity contribution is -0.243. The zero-order valence-corrected chi connectivity index (χ0v) is 7.63. The van der Waals surface area contributed by atoms with E-state index >= 15 is 0 Å². The van der Waals surface area contributed by atoms with E-state index in [9.17, 15) is 13.2 Å². The molecule has 0 amide bonds. The molecule has 1 unspecified atom stereocenters. The van der Waals surface area contributed by atoms with Gasteiger partial charge in [-0.25, -0.2) is 0 Å². The molecule has 0 aliphatic heterocycles. The third-order valence-electron chi connectivity index (χ3n) is 1.23. The minimum atomic E-state index is -4.50. The topological polar surface area (TPSA) is 20.2 Å². The first-order valence-electron chi connectivity index (χ1n) is 3.10. The summed E-state index contributed by atoms with van der Waals surface area (Å²) in [6.45, 7) is 4.22. The largest absolute Gasteiger partial charge is 0.417 e. The zero-order valence-electron chi connectivity index (χ0n) is 6.74. The maximum Gasteiger partial charge on any atom is 0.417 e. The zero-order chi connectivity index (χ0) is 9.28. The molecule has 0 fully saturated rings. The first kappa shape index (κ1) is 11.2. The van der Waals surface area contributed by atoms with Crippen LogP contribution in [0, 0.1) is 0 Å². The molecule has 0 heterocycles. The molecule has 1 nitrogen and oxygen atoms in total. The van der Waals surface area contributed by atoms with Crippen LogP contribution in [0.3, 0.4) is 0 Å². The Morgan fingerprint density at radius 1 is 1.27 bits per heavy atom. The van der Waals surface area contributed by atoms with Crippen LogP contribution in [0.4, 0.5) is 13.2 Å². The van der Waals surface area contributed by atoms with E-state index in [-0.39, 0.29) is 6.16 Å². The summed E-state index contributed by atoms with van der Waals surface area (Å²) in [5.74, 6) is 0. The van der Waals surface area contributed by atoms with Gasteiger partial charge in [-0.05, 0) is 20.3 Å². The highest BCUT2D eigenvalue weighted by molar-refractivity contribution is 7.56. The number of hydrogen-bond donors (Lipinski definition) is 1. The van der Waals surface area contributed by atoms with Gasteiger partial charge in [-0.15, -0.1) is 7.92 Å². The molecule has 11 heavy (non-hydrogen) atoms. The monoisotopic (exact) mass is 188 g/mol. The molecular formula is C6H12F3OP. The van der Waals surface area contributed by atoms with E-state index in [0.29, 0.717) is 0 Å². The van der Waals surface area contributed by atoms with Crippen LogP contribution in [0.1, 0.15) is 6.92 Å². The predicted molar refractivity (Wildman–Crippen MR) is 40.3 cm³/mol. The SMILES string of the molecule is CP(C)CC(C)(O)C(F)(F)F. The van der Waals surface area contributed by atoms with Crippen LogP contribution in [0.2, 0.25) is 0 Å². The third-order valence-corrected chi connectivity index (χ3v) is 2.48. The summed E-state index contributed by atoms with van der Waals surface area (Å²) in [6.07, 6.45) is -4.69. The highest BCUT2D eigenvalue weighted by Gasteiger charge is 2.49. The maximum absolute atomic E-state index is 12.0. The summed E-state index contributed by atoms with van der Waals surface area (Å²) in [5.41, 5.74) is -2.51. The third kappa shape index (κ3) is 3.39. The van der Waals surface area contributed by atoms with E-state index in [0.717, 1.165) is 6.92 Å². The van der Waals surface area contributed by atoms with Gasteiger partial charge in [-0.3, -0.25) is 0 Å². The summed E-state index contributed by atoms with van der Waals surface area (Å²) in [4.78, 5) is 0. The van der Waals surface area contributed by atoms with E-state index in [1.54, 1.807) is 13.3 Å². The Balaban J connectivity index is 4.22. The van der Waals surface area contributed by atoms with Crippen molar-refractivity contribution < 1.29 is 18.3 Å². The van der Waals surface area contributed by atoms with Crippen LogP contribution in [0.25, 0.3) is 0 Å². The molecule has 0 aliphatic rings. The Labute approximate surface area is 65.4 Å². The maximum atomic E-state index is 12.0. The van der Waals surface area contributed by atoms with Crippen molar-refractivity contribution in [2.24, 2.45) is 0 Å². The minimum Gasteiger partial charge on any atom is -0.380 e. The van der Waals surface area contributed by atoms with Crippen molar-refractivity contribution in [2.75, 3.05) is 19.5 Å². The molecule has 0 bridgehead atoms. The van der Waals surface area contributed by atoms with Crippen molar-refractivity contribution in [3.63, 3.8) is 0 Å². The molecule has 1 N–H and O–H groups in total. The molecule has 0 saturated carbocycles. The lowest BCUT2D eigenvalue weighted by Crippen LogP contribution is -2.44. The van der Waals surface area contributed by atoms with Gasteiger partial charge in [0.2, 0.25) is 0 Å². The molecule has 0 aromatic heterocycles. The van der Waals surface area contributed by atoms with Crippen molar-refractivity contribution in [1.29, 1.82) is 0 Å². The first-order valence-corrected chi connectivity index (χ1v) is 5.53. The van der Waals surface area contributed by atoms with E-state index in [1.165, 1.54) is 0 Å². The normalized spacial score (nSPS) is 18.5. The van der Waals surface area contributed by atoms with Crippen LogP contribution in [-0.4, -0.2) is 36.4 Å². The Morgan fingerprint density at radius 2 is 1.64 bits per heavy atom. The van der Waals surface area contributed by atoms with Gasteiger partial charge >= 0.3 is 6.18 Å². The predicted octanol–water partition coefficient (Wildman–Crippen LogP) is 2.04. The molecule has 0 radical (unpaired) electrons. The number of alkyl halides is 3. The van der Waals surface area contributed by atoms with Crippen molar-refractivity contribution >= 4 is 7.92 Å². The Morgan fingerprint density at radius 3 is 1.73 bits per heavy atom. The first-order chi connectivity index (χ1) is 4.67. The van der Waals surface area contributed by atoms with Gasteiger partial charge in [-0.2, -0.15) is 13.2 Å². The molecule has 68 valence electrons.